The number of anilines is 2. The smallest absolute Gasteiger partial charge is 0.225 e. The minimum Gasteiger partial charge on any atom is -0.379 e. The molecule has 1 aromatic heterocycles. The van der Waals surface area contributed by atoms with Crippen LogP contribution in [0.15, 0.2) is 6.20 Å². The number of nitrogens with zero attached hydrogens (tertiary/aromatic N) is 4. The molecule has 2 aliphatic rings. The van der Waals surface area contributed by atoms with E-state index >= 15 is 0 Å². The second kappa shape index (κ2) is 9.00. The number of hydrogen-bond donors (Lipinski definition) is 2. The molecule has 2 N–H and O–H groups in total. The Balaban J connectivity index is 1.60. The summed E-state index contributed by atoms with van der Waals surface area (Å²) >= 11 is 0. The predicted molar refractivity (Wildman–Crippen MR) is 102 cm³/mol. The number of hydrogen-bond acceptors (Lipinski definition) is 7. The van der Waals surface area contributed by atoms with E-state index in [0.717, 1.165) is 45.1 Å². The Hall–Kier alpha value is -2.40. The lowest BCUT2D eigenvalue weighted by atomic mass is 9.85. The van der Waals surface area contributed by atoms with Crippen molar-refractivity contribution in [1.82, 2.24) is 14.9 Å². The highest BCUT2D eigenvalue weighted by atomic mass is 16.5. The van der Waals surface area contributed by atoms with Gasteiger partial charge in [-0.1, -0.05) is 0 Å². The summed E-state index contributed by atoms with van der Waals surface area (Å²) in [5.41, 5.74) is 0.436. The van der Waals surface area contributed by atoms with Gasteiger partial charge in [-0.3, -0.25) is 4.79 Å². The van der Waals surface area contributed by atoms with Gasteiger partial charge in [-0.25, -0.2) is 4.98 Å². The molecule has 1 aromatic rings. The van der Waals surface area contributed by atoms with Crippen LogP contribution in [0.1, 0.15) is 44.1 Å². The molecule has 2 fully saturated rings. The number of carbonyl (C=O) groups excluding carboxylic acids is 1. The van der Waals surface area contributed by atoms with Crippen LogP contribution < -0.4 is 10.6 Å². The average molecular weight is 372 g/mol. The first-order chi connectivity index (χ1) is 13.1. The molecule has 3 rings (SSSR count). The van der Waals surface area contributed by atoms with Crippen molar-refractivity contribution in [3.63, 3.8) is 0 Å². The lowest BCUT2D eigenvalue weighted by Gasteiger charge is -2.30. The van der Waals surface area contributed by atoms with Crippen molar-refractivity contribution >= 4 is 17.7 Å². The first-order valence-corrected chi connectivity index (χ1v) is 9.66. The maximum absolute atomic E-state index is 12.1. The van der Waals surface area contributed by atoms with Gasteiger partial charge in [-0.2, -0.15) is 10.2 Å². The molecular weight excluding hydrogens is 344 g/mol. The fourth-order valence-electron chi connectivity index (χ4n) is 3.72. The van der Waals surface area contributed by atoms with Crippen LogP contribution in [0.2, 0.25) is 0 Å². The van der Waals surface area contributed by atoms with Gasteiger partial charge in [0.25, 0.3) is 0 Å². The largest absolute Gasteiger partial charge is 0.379 e. The van der Waals surface area contributed by atoms with Crippen molar-refractivity contribution in [1.29, 1.82) is 5.26 Å². The molecule has 0 radical (unpaired) electrons. The molecule has 2 heterocycles. The maximum atomic E-state index is 12.1. The standard InChI is InChI=1S/C19H28N6O2/c1-25(2)18(26)13-5-7-15(8-6-13)23-19-21-11-14(10-20)17(24-19)22-16-4-3-9-27-12-16/h11,13,15-16H,3-9,12H2,1-2H3,(H2,21,22,23,24). The summed E-state index contributed by atoms with van der Waals surface area (Å²) in [4.78, 5) is 22.6. The van der Waals surface area contributed by atoms with Gasteiger partial charge in [0, 0.05) is 32.7 Å². The number of aromatic nitrogens is 2. The summed E-state index contributed by atoms with van der Waals surface area (Å²) < 4.78 is 5.49. The number of amides is 1. The minimum absolute atomic E-state index is 0.114. The fourth-order valence-corrected chi connectivity index (χ4v) is 3.72. The van der Waals surface area contributed by atoms with Gasteiger partial charge in [0.2, 0.25) is 11.9 Å². The first-order valence-electron chi connectivity index (χ1n) is 9.66. The molecule has 0 spiro atoms. The summed E-state index contributed by atoms with van der Waals surface area (Å²) in [6, 6.07) is 2.56. The molecule has 27 heavy (non-hydrogen) atoms. The molecular formula is C19H28N6O2. The van der Waals surface area contributed by atoms with E-state index < -0.39 is 0 Å². The Morgan fingerprint density at radius 3 is 2.63 bits per heavy atom. The Kier molecular flexibility index (Phi) is 6.45. The molecule has 1 atom stereocenters. The molecule has 1 aliphatic heterocycles. The summed E-state index contributed by atoms with van der Waals surface area (Å²) in [6.45, 7) is 1.42. The van der Waals surface area contributed by atoms with Crippen LogP contribution in [0.3, 0.4) is 0 Å². The summed E-state index contributed by atoms with van der Waals surface area (Å²) in [6.07, 6.45) is 7.12. The number of rotatable bonds is 5. The fraction of sp³-hybridized carbons (Fsp3) is 0.684. The molecule has 8 heteroatoms. The molecule has 146 valence electrons. The second-order valence-corrected chi connectivity index (χ2v) is 7.55. The van der Waals surface area contributed by atoms with Crippen LogP contribution in [0.5, 0.6) is 0 Å². The van der Waals surface area contributed by atoms with E-state index in [1.165, 1.54) is 0 Å². The Morgan fingerprint density at radius 1 is 1.22 bits per heavy atom. The number of carbonyl (C=O) groups is 1. The quantitative estimate of drug-likeness (QED) is 0.815. The lowest BCUT2D eigenvalue weighted by Crippen LogP contribution is -2.35. The van der Waals surface area contributed by atoms with Gasteiger partial charge < -0.3 is 20.3 Å². The monoisotopic (exact) mass is 372 g/mol. The van der Waals surface area contributed by atoms with E-state index in [2.05, 4.69) is 26.7 Å². The Bertz CT molecular complexity index is 688. The van der Waals surface area contributed by atoms with Crippen LogP contribution in [-0.4, -0.2) is 60.2 Å². The highest BCUT2D eigenvalue weighted by Crippen LogP contribution is 2.27. The molecule has 8 nitrogen and oxygen atoms in total. The van der Waals surface area contributed by atoms with Gasteiger partial charge in [0.1, 0.15) is 17.5 Å². The Labute approximate surface area is 160 Å². The summed E-state index contributed by atoms with van der Waals surface area (Å²) in [5, 5.41) is 16.0. The van der Waals surface area contributed by atoms with Crippen molar-refractivity contribution in [2.45, 2.75) is 50.6 Å². The highest BCUT2D eigenvalue weighted by Gasteiger charge is 2.27. The van der Waals surface area contributed by atoms with Crippen LogP contribution in [-0.2, 0) is 9.53 Å². The zero-order valence-corrected chi connectivity index (χ0v) is 16.1. The van der Waals surface area contributed by atoms with Crippen LogP contribution >= 0.6 is 0 Å². The third kappa shape index (κ3) is 5.07. The van der Waals surface area contributed by atoms with Gasteiger partial charge in [-0.15, -0.1) is 0 Å². The molecule has 0 bridgehead atoms. The van der Waals surface area contributed by atoms with Gasteiger partial charge in [0.15, 0.2) is 0 Å². The third-order valence-electron chi connectivity index (χ3n) is 5.26. The molecule has 1 aliphatic carbocycles. The van der Waals surface area contributed by atoms with E-state index in [-0.39, 0.29) is 23.9 Å². The third-order valence-corrected chi connectivity index (χ3v) is 5.26. The molecule has 1 saturated heterocycles. The minimum atomic E-state index is 0.114. The predicted octanol–water partition coefficient (Wildman–Crippen LogP) is 2.00. The molecule has 1 saturated carbocycles. The number of ether oxygens (including phenoxy) is 1. The van der Waals surface area contributed by atoms with Crippen LogP contribution in [0.25, 0.3) is 0 Å². The van der Waals surface area contributed by atoms with Gasteiger partial charge in [0.05, 0.1) is 18.8 Å². The maximum Gasteiger partial charge on any atom is 0.225 e. The van der Waals surface area contributed by atoms with Gasteiger partial charge in [-0.05, 0) is 38.5 Å². The van der Waals surface area contributed by atoms with Crippen molar-refractivity contribution in [3.05, 3.63) is 11.8 Å². The summed E-state index contributed by atoms with van der Waals surface area (Å²) in [5.74, 6) is 1.41. The molecule has 1 unspecified atom stereocenters. The summed E-state index contributed by atoms with van der Waals surface area (Å²) in [7, 11) is 3.62. The molecule has 0 aromatic carbocycles. The van der Waals surface area contributed by atoms with Crippen LogP contribution in [0, 0.1) is 17.2 Å². The number of nitrogens with one attached hydrogen (secondary N) is 2. The molecule has 1 amide bonds. The highest BCUT2D eigenvalue weighted by molar-refractivity contribution is 5.78. The Morgan fingerprint density at radius 2 is 2.00 bits per heavy atom. The van der Waals surface area contributed by atoms with E-state index in [1.807, 2.05) is 14.1 Å². The number of nitriles is 1. The van der Waals surface area contributed by atoms with Crippen molar-refractivity contribution in [2.75, 3.05) is 37.9 Å². The zero-order chi connectivity index (χ0) is 19.2. The zero-order valence-electron chi connectivity index (χ0n) is 16.1. The lowest BCUT2D eigenvalue weighted by molar-refractivity contribution is -0.133. The van der Waals surface area contributed by atoms with Crippen molar-refractivity contribution in [3.8, 4) is 6.07 Å². The van der Waals surface area contributed by atoms with Crippen LogP contribution in [0.4, 0.5) is 11.8 Å². The van der Waals surface area contributed by atoms with E-state index in [4.69, 9.17) is 4.74 Å². The second-order valence-electron chi connectivity index (χ2n) is 7.55. The van der Waals surface area contributed by atoms with Crippen molar-refractivity contribution < 1.29 is 9.53 Å². The SMILES string of the molecule is CN(C)C(=O)C1CCC(Nc2ncc(C#N)c(NC3CCCOC3)n2)CC1. The first kappa shape index (κ1) is 19.4. The topological polar surface area (TPSA) is 103 Å². The van der Waals surface area contributed by atoms with Crippen molar-refractivity contribution in [2.24, 2.45) is 5.92 Å². The van der Waals surface area contributed by atoms with E-state index in [9.17, 15) is 10.1 Å². The normalized spacial score (nSPS) is 25.3. The van der Waals surface area contributed by atoms with E-state index in [1.54, 1.807) is 11.1 Å². The van der Waals surface area contributed by atoms with E-state index in [0.29, 0.717) is 23.9 Å². The van der Waals surface area contributed by atoms with Gasteiger partial charge >= 0.3 is 0 Å². The average Bonchev–Trinajstić information content (AvgIpc) is 2.69.